The number of benzene rings is 1. The number of guanidine groups is 1. The molecule has 0 aliphatic carbocycles. The summed E-state index contributed by atoms with van der Waals surface area (Å²) in [6.07, 6.45) is -4.42. The highest BCUT2D eigenvalue weighted by atomic mass is 79.9. The van der Waals surface area contributed by atoms with Gasteiger partial charge in [-0.05, 0) is 18.2 Å². The Balaban J connectivity index is 3.23. The molecule has 0 fully saturated rings. The van der Waals surface area contributed by atoms with E-state index in [9.17, 15) is 13.2 Å². The summed E-state index contributed by atoms with van der Waals surface area (Å²) >= 11 is 2.94. The molecule has 15 heavy (non-hydrogen) atoms. The van der Waals surface area contributed by atoms with Crippen LogP contribution in [-0.4, -0.2) is 5.96 Å². The normalized spacial score (nSPS) is 11.2. The molecule has 4 N–H and O–H groups in total. The quantitative estimate of drug-likeness (QED) is 0.613. The predicted molar refractivity (Wildman–Crippen MR) is 54.6 cm³/mol. The largest absolute Gasteiger partial charge is 0.416 e. The van der Waals surface area contributed by atoms with Gasteiger partial charge in [-0.1, -0.05) is 15.9 Å². The monoisotopic (exact) mass is 281 g/mol. The van der Waals surface area contributed by atoms with E-state index in [1.807, 2.05) is 0 Å². The van der Waals surface area contributed by atoms with E-state index in [0.717, 1.165) is 12.1 Å². The maximum atomic E-state index is 12.4. The van der Waals surface area contributed by atoms with Gasteiger partial charge in [0.05, 0.1) is 11.3 Å². The second kappa shape index (κ2) is 4.09. The summed E-state index contributed by atoms with van der Waals surface area (Å²) in [5.41, 5.74) is 9.37. The van der Waals surface area contributed by atoms with Gasteiger partial charge < -0.3 is 11.5 Å². The van der Waals surface area contributed by atoms with Crippen LogP contribution in [0.4, 0.5) is 18.9 Å². The molecular weight excluding hydrogens is 275 g/mol. The summed E-state index contributed by atoms with van der Waals surface area (Å²) in [6, 6.07) is 3.20. The smallest absolute Gasteiger partial charge is 0.370 e. The maximum absolute atomic E-state index is 12.4. The van der Waals surface area contributed by atoms with Crippen LogP contribution in [-0.2, 0) is 6.18 Å². The van der Waals surface area contributed by atoms with Crippen molar-refractivity contribution in [2.45, 2.75) is 6.18 Å². The lowest BCUT2D eigenvalue weighted by Gasteiger charge is -2.07. The second-order valence-corrected chi connectivity index (χ2v) is 3.65. The summed E-state index contributed by atoms with van der Waals surface area (Å²) < 4.78 is 37.3. The molecule has 1 aromatic carbocycles. The third-order valence-electron chi connectivity index (χ3n) is 1.47. The molecule has 0 atom stereocenters. The molecule has 0 saturated carbocycles. The van der Waals surface area contributed by atoms with Crippen LogP contribution < -0.4 is 11.5 Å². The van der Waals surface area contributed by atoms with Crippen molar-refractivity contribution < 1.29 is 13.2 Å². The van der Waals surface area contributed by atoms with Gasteiger partial charge >= 0.3 is 6.18 Å². The van der Waals surface area contributed by atoms with Gasteiger partial charge in [-0.3, -0.25) is 0 Å². The Morgan fingerprint density at radius 1 is 1.20 bits per heavy atom. The van der Waals surface area contributed by atoms with Crippen LogP contribution in [0.1, 0.15) is 5.56 Å². The van der Waals surface area contributed by atoms with E-state index in [2.05, 4.69) is 20.9 Å². The highest BCUT2D eigenvalue weighted by Gasteiger charge is 2.31. The topological polar surface area (TPSA) is 64.4 Å². The molecule has 0 aliphatic heterocycles. The van der Waals surface area contributed by atoms with Crippen molar-refractivity contribution >= 4 is 27.6 Å². The van der Waals surface area contributed by atoms with Crippen LogP contribution in [0.5, 0.6) is 0 Å². The number of rotatable bonds is 1. The number of hydrogen-bond donors (Lipinski definition) is 2. The summed E-state index contributed by atoms with van der Waals surface area (Å²) in [7, 11) is 0. The van der Waals surface area contributed by atoms with Crippen LogP contribution in [0.25, 0.3) is 0 Å². The van der Waals surface area contributed by atoms with Crippen molar-refractivity contribution in [3.8, 4) is 0 Å². The zero-order valence-electron chi connectivity index (χ0n) is 7.35. The molecule has 0 spiro atoms. The number of aliphatic imine (C=N–C) groups is 1. The molecule has 0 radical (unpaired) electrons. The summed E-state index contributed by atoms with van der Waals surface area (Å²) in [6.45, 7) is 0. The Labute approximate surface area is 92.1 Å². The third kappa shape index (κ3) is 3.43. The van der Waals surface area contributed by atoms with E-state index < -0.39 is 11.7 Å². The van der Waals surface area contributed by atoms with E-state index >= 15 is 0 Å². The minimum Gasteiger partial charge on any atom is -0.370 e. The third-order valence-corrected chi connectivity index (χ3v) is 1.93. The van der Waals surface area contributed by atoms with Gasteiger partial charge in [0.25, 0.3) is 0 Å². The van der Waals surface area contributed by atoms with Crippen molar-refractivity contribution in [3.05, 3.63) is 28.2 Å². The fourth-order valence-corrected chi connectivity index (χ4v) is 1.43. The Morgan fingerprint density at radius 2 is 1.80 bits per heavy atom. The molecule has 82 valence electrons. The SMILES string of the molecule is NC(N)=Nc1cc(Br)cc(C(F)(F)F)c1. The van der Waals surface area contributed by atoms with Gasteiger partial charge in [0.2, 0.25) is 0 Å². The average molecular weight is 282 g/mol. The molecule has 0 amide bonds. The minimum absolute atomic E-state index is 0.0525. The van der Waals surface area contributed by atoms with Crippen molar-refractivity contribution in [1.82, 2.24) is 0 Å². The average Bonchev–Trinajstić information content (AvgIpc) is 1.99. The number of halogens is 4. The fraction of sp³-hybridized carbons (Fsp3) is 0.125. The molecule has 0 bridgehead atoms. The van der Waals surface area contributed by atoms with Crippen molar-refractivity contribution in [2.75, 3.05) is 0 Å². The summed E-state index contributed by atoms with van der Waals surface area (Å²) in [5, 5.41) is 0. The van der Waals surface area contributed by atoms with Crippen molar-refractivity contribution in [3.63, 3.8) is 0 Å². The first-order valence-electron chi connectivity index (χ1n) is 3.76. The van der Waals surface area contributed by atoms with Crippen molar-refractivity contribution in [1.29, 1.82) is 0 Å². The highest BCUT2D eigenvalue weighted by Crippen LogP contribution is 2.34. The molecule has 0 aromatic heterocycles. The van der Waals surface area contributed by atoms with Gasteiger partial charge in [-0.2, -0.15) is 13.2 Å². The first-order chi connectivity index (χ1) is 6.79. The molecule has 1 aromatic rings. The van der Waals surface area contributed by atoms with Crippen LogP contribution in [0.3, 0.4) is 0 Å². The van der Waals surface area contributed by atoms with Crippen LogP contribution in [0.15, 0.2) is 27.7 Å². The fourth-order valence-electron chi connectivity index (χ4n) is 0.951. The van der Waals surface area contributed by atoms with E-state index in [1.54, 1.807) is 0 Å². The number of nitrogens with two attached hydrogens (primary N) is 2. The molecule has 0 unspecified atom stereocenters. The molecule has 0 saturated heterocycles. The highest BCUT2D eigenvalue weighted by molar-refractivity contribution is 9.10. The van der Waals surface area contributed by atoms with Gasteiger partial charge in [0.1, 0.15) is 0 Å². The number of alkyl halides is 3. The molecular formula is C8H7BrF3N3. The van der Waals surface area contributed by atoms with Gasteiger partial charge in [-0.25, -0.2) is 4.99 Å². The van der Waals surface area contributed by atoms with Crippen LogP contribution in [0, 0.1) is 0 Å². The Morgan fingerprint density at radius 3 is 2.27 bits per heavy atom. The van der Waals surface area contributed by atoms with Crippen molar-refractivity contribution in [2.24, 2.45) is 16.5 Å². The van der Waals surface area contributed by atoms with Crippen LogP contribution in [0.2, 0.25) is 0 Å². The molecule has 0 aliphatic rings. The van der Waals surface area contributed by atoms with Gasteiger partial charge in [0.15, 0.2) is 5.96 Å². The van der Waals surface area contributed by atoms with E-state index in [4.69, 9.17) is 11.5 Å². The molecule has 7 heteroatoms. The maximum Gasteiger partial charge on any atom is 0.416 e. The standard InChI is InChI=1S/C8H7BrF3N3/c9-5-1-4(8(10,11)12)2-6(3-5)15-7(13)14/h1-3H,(H4,13,14,15). The molecule has 1 rings (SSSR count). The van der Waals surface area contributed by atoms with E-state index in [0.29, 0.717) is 0 Å². The lowest BCUT2D eigenvalue weighted by atomic mass is 10.2. The Kier molecular flexibility index (Phi) is 3.23. The zero-order chi connectivity index (χ0) is 11.6. The summed E-state index contributed by atoms with van der Waals surface area (Å²) in [5.74, 6) is -0.291. The van der Waals surface area contributed by atoms with Crippen LogP contribution >= 0.6 is 15.9 Å². The molecule has 0 heterocycles. The predicted octanol–water partition coefficient (Wildman–Crippen LogP) is 2.37. The number of hydrogen-bond acceptors (Lipinski definition) is 1. The Bertz CT molecular complexity index is 397. The number of nitrogens with zero attached hydrogens (tertiary/aromatic N) is 1. The lowest BCUT2D eigenvalue weighted by molar-refractivity contribution is -0.137. The van der Waals surface area contributed by atoms with Gasteiger partial charge in [0, 0.05) is 4.47 Å². The summed E-state index contributed by atoms with van der Waals surface area (Å²) in [4.78, 5) is 3.54. The first-order valence-corrected chi connectivity index (χ1v) is 4.56. The lowest BCUT2D eigenvalue weighted by Crippen LogP contribution is -2.21. The second-order valence-electron chi connectivity index (χ2n) is 2.73. The van der Waals surface area contributed by atoms with E-state index in [1.165, 1.54) is 6.07 Å². The van der Waals surface area contributed by atoms with Gasteiger partial charge in [-0.15, -0.1) is 0 Å². The minimum atomic E-state index is -4.42. The molecule has 3 nitrogen and oxygen atoms in total. The van der Waals surface area contributed by atoms with E-state index in [-0.39, 0.29) is 16.1 Å². The zero-order valence-corrected chi connectivity index (χ0v) is 8.93. The Hall–Kier alpha value is -1.24. The first kappa shape index (κ1) is 11.8.